The van der Waals surface area contributed by atoms with E-state index in [0.29, 0.717) is 0 Å². The second kappa shape index (κ2) is 13.0. The van der Waals surface area contributed by atoms with Gasteiger partial charge in [-0.15, -0.1) is 0 Å². The zero-order valence-electron chi connectivity index (χ0n) is 26.4. The molecule has 0 unspecified atom stereocenters. The third-order valence-electron chi connectivity index (χ3n) is 7.67. The van der Waals surface area contributed by atoms with Gasteiger partial charge in [-0.3, -0.25) is 23.2 Å². The maximum absolute atomic E-state index is 13.7. The average Bonchev–Trinajstić information content (AvgIpc) is 3.07. The summed E-state index contributed by atoms with van der Waals surface area (Å²) in [5.41, 5.74) is 3.60. The lowest BCUT2D eigenvalue weighted by Crippen LogP contribution is -2.25. The van der Waals surface area contributed by atoms with Gasteiger partial charge in [-0.25, -0.2) is 0 Å². The number of benzene rings is 4. The van der Waals surface area contributed by atoms with Crippen molar-refractivity contribution < 1.29 is 48.5 Å². The van der Waals surface area contributed by atoms with Gasteiger partial charge in [0.05, 0.1) is 33.9 Å². The second-order valence-electron chi connectivity index (χ2n) is 11.0. The largest absolute Gasteiger partial charge is 0.397 e. The van der Waals surface area contributed by atoms with E-state index < -0.39 is 67.9 Å². The van der Waals surface area contributed by atoms with Crippen LogP contribution in [0.5, 0.6) is 0 Å². The Labute approximate surface area is 295 Å². The third-order valence-corrected chi connectivity index (χ3v) is 10.4. The number of fused-ring (bicyclic) bond motifs is 2. The number of aryl methyl sites for hydroxylation is 1. The van der Waals surface area contributed by atoms with E-state index >= 15 is 0 Å². The fourth-order valence-electron chi connectivity index (χ4n) is 5.40. The van der Waals surface area contributed by atoms with Gasteiger partial charge in [0, 0.05) is 23.2 Å². The van der Waals surface area contributed by atoms with Crippen LogP contribution in [0.4, 0.5) is 40.3 Å². The zero-order chi connectivity index (χ0) is 37.7. The fraction of sp³-hybridized carbons (Fsp3) is 0.0645. The Hall–Kier alpha value is -5.84. The van der Waals surface area contributed by atoms with Crippen LogP contribution in [0.2, 0.25) is 0 Å². The number of carbonyl (C=O) groups is 2. The number of rotatable bonds is 10. The summed E-state index contributed by atoms with van der Waals surface area (Å²) in [5.74, 6) is -1.80. The molecule has 0 aliphatic heterocycles. The van der Waals surface area contributed by atoms with Gasteiger partial charge >= 0.3 is 0 Å². The predicted octanol–water partition coefficient (Wildman–Crippen LogP) is 3.76. The maximum atomic E-state index is 13.7. The van der Waals surface area contributed by atoms with Crippen molar-refractivity contribution >= 4 is 82.3 Å². The summed E-state index contributed by atoms with van der Waals surface area (Å²) in [7, 11) is -14.7. The van der Waals surface area contributed by atoms with Gasteiger partial charge in [0.2, 0.25) is 11.9 Å². The molecule has 0 amide bonds. The number of aromatic nitrogens is 3. The van der Waals surface area contributed by atoms with Crippen molar-refractivity contribution in [2.45, 2.75) is 28.0 Å². The van der Waals surface area contributed by atoms with E-state index in [1.54, 1.807) is 6.92 Å². The second-order valence-corrected chi connectivity index (χ2v) is 15.2. The van der Waals surface area contributed by atoms with Crippen molar-refractivity contribution in [1.82, 2.24) is 15.0 Å². The molecule has 6 rings (SSSR count). The van der Waals surface area contributed by atoms with E-state index in [2.05, 4.69) is 30.9 Å². The van der Waals surface area contributed by atoms with Gasteiger partial charge in [0.1, 0.15) is 20.5 Å². The van der Waals surface area contributed by atoms with Crippen LogP contribution in [0.3, 0.4) is 0 Å². The minimum absolute atomic E-state index is 0.0145. The monoisotopic (exact) mass is 767 g/mol. The Balaban J connectivity index is 1.41. The highest BCUT2D eigenvalue weighted by Gasteiger charge is 2.36. The van der Waals surface area contributed by atoms with Crippen LogP contribution in [0, 0.1) is 0 Å². The number of ketones is 2. The van der Waals surface area contributed by atoms with Crippen LogP contribution >= 0.6 is 0 Å². The standard InChI is InChI=1S/C31H25N7O11S3/c1-2-24-36-30(34-18-9-5-6-10-21(18)50(41,42)43)38-31(37-24)35-19-12-11-15(13-22(19)51(44,45)46)33-20-14-23(52(47,48)49)27(32)26-25(20)28(39)16-7-3-4-8-17(16)29(26)40/h3-14,33H,2,32H2,1H3,(H,41,42,43)(H,44,45,46)(H,47,48,49)(H2,34,35,36,37,38). The summed E-state index contributed by atoms with van der Waals surface area (Å²) >= 11 is 0. The number of hydrogen-bond donors (Lipinski definition) is 7. The molecule has 0 saturated carbocycles. The van der Waals surface area contributed by atoms with E-state index in [-0.39, 0.29) is 63.6 Å². The van der Waals surface area contributed by atoms with Crippen molar-refractivity contribution in [1.29, 1.82) is 0 Å². The molecule has 0 spiro atoms. The van der Waals surface area contributed by atoms with Crippen molar-refractivity contribution in [3.8, 4) is 0 Å². The van der Waals surface area contributed by atoms with Gasteiger partial charge in [-0.2, -0.15) is 40.2 Å². The Bertz CT molecular complexity index is 2690. The molecule has 0 fully saturated rings. The minimum Gasteiger partial charge on any atom is -0.397 e. The molecule has 4 aromatic carbocycles. The van der Waals surface area contributed by atoms with Crippen LogP contribution in [-0.2, 0) is 36.8 Å². The molecular formula is C31H25N7O11S3. The number of nitrogen functional groups attached to an aromatic ring is 1. The lowest BCUT2D eigenvalue weighted by atomic mass is 9.82. The van der Waals surface area contributed by atoms with E-state index in [0.717, 1.165) is 24.3 Å². The Morgan fingerprint density at radius 3 is 1.67 bits per heavy atom. The van der Waals surface area contributed by atoms with Crippen LogP contribution in [0.1, 0.15) is 44.6 Å². The lowest BCUT2D eigenvalue weighted by Gasteiger charge is -2.24. The average molecular weight is 768 g/mol. The normalized spacial score (nSPS) is 12.9. The molecule has 8 N–H and O–H groups in total. The highest BCUT2D eigenvalue weighted by Crippen LogP contribution is 2.40. The highest BCUT2D eigenvalue weighted by molar-refractivity contribution is 7.86. The number of para-hydroxylation sites is 1. The summed E-state index contributed by atoms with van der Waals surface area (Å²) in [6, 6.07) is 15.2. The maximum Gasteiger partial charge on any atom is 0.296 e. The summed E-state index contributed by atoms with van der Waals surface area (Å²) in [5, 5.41) is 8.04. The number of anilines is 7. The molecule has 268 valence electrons. The SMILES string of the molecule is CCc1nc(Nc2ccccc2S(=O)(=O)O)nc(Nc2ccc(Nc3cc(S(=O)(=O)O)c(N)c4c3C(=O)c3ccccc3C4=O)cc2S(=O)(=O)O)n1. The third kappa shape index (κ3) is 6.90. The molecule has 1 aliphatic carbocycles. The van der Waals surface area contributed by atoms with Crippen molar-refractivity contribution in [3.63, 3.8) is 0 Å². The smallest absolute Gasteiger partial charge is 0.296 e. The van der Waals surface area contributed by atoms with E-state index in [4.69, 9.17) is 5.73 Å². The summed E-state index contributed by atoms with van der Waals surface area (Å²) in [6.07, 6.45) is 0.239. The van der Waals surface area contributed by atoms with Gasteiger partial charge in [0.25, 0.3) is 30.4 Å². The lowest BCUT2D eigenvalue weighted by molar-refractivity contribution is 0.0980. The summed E-state index contributed by atoms with van der Waals surface area (Å²) in [4.78, 5) is 37.6. The molecule has 52 heavy (non-hydrogen) atoms. The van der Waals surface area contributed by atoms with Gasteiger partial charge < -0.3 is 21.7 Å². The van der Waals surface area contributed by atoms with Crippen LogP contribution in [-0.4, -0.2) is 65.4 Å². The number of carbonyl (C=O) groups excluding carboxylic acids is 2. The number of nitrogens with two attached hydrogens (primary N) is 1. The van der Waals surface area contributed by atoms with Gasteiger partial charge in [-0.1, -0.05) is 43.3 Å². The molecule has 1 heterocycles. The molecule has 0 atom stereocenters. The van der Waals surface area contributed by atoms with Crippen molar-refractivity contribution in [2.24, 2.45) is 0 Å². The molecule has 0 radical (unpaired) electrons. The van der Waals surface area contributed by atoms with Crippen molar-refractivity contribution in [2.75, 3.05) is 21.7 Å². The molecule has 1 aliphatic rings. The number of hydrogen-bond acceptors (Lipinski definition) is 15. The van der Waals surface area contributed by atoms with E-state index in [1.165, 1.54) is 48.5 Å². The molecule has 18 nitrogen and oxygen atoms in total. The first-order chi connectivity index (χ1) is 24.4. The van der Waals surface area contributed by atoms with Crippen LogP contribution in [0.15, 0.2) is 87.5 Å². The predicted molar refractivity (Wildman–Crippen MR) is 186 cm³/mol. The van der Waals surface area contributed by atoms with Gasteiger partial charge in [-0.05, 0) is 36.4 Å². The first-order valence-electron chi connectivity index (χ1n) is 14.7. The number of nitrogens with zero attached hydrogens (tertiary/aromatic N) is 3. The molecule has 21 heteroatoms. The van der Waals surface area contributed by atoms with Crippen LogP contribution < -0.4 is 21.7 Å². The summed E-state index contributed by atoms with van der Waals surface area (Å²) < 4.78 is 103. The first-order valence-corrected chi connectivity index (χ1v) is 19.0. The van der Waals surface area contributed by atoms with E-state index in [1.807, 2.05) is 0 Å². The van der Waals surface area contributed by atoms with Gasteiger partial charge in [0.15, 0.2) is 11.6 Å². The topological polar surface area (TPSA) is 298 Å². The molecule has 1 aromatic heterocycles. The van der Waals surface area contributed by atoms with Crippen LogP contribution in [0.25, 0.3) is 0 Å². The Kier molecular flexibility index (Phi) is 9.02. The Morgan fingerprint density at radius 1 is 0.596 bits per heavy atom. The molecule has 0 saturated heterocycles. The highest BCUT2D eigenvalue weighted by atomic mass is 32.2. The Morgan fingerprint density at radius 2 is 1.12 bits per heavy atom. The van der Waals surface area contributed by atoms with E-state index in [9.17, 15) is 48.5 Å². The number of nitrogens with one attached hydrogen (secondary N) is 3. The first kappa shape index (κ1) is 36.0. The fourth-order valence-corrected chi connectivity index (χ4v) is 7.37. The zero-order valence-corrected chi connectivity index (χ0v) is 28.8. The summed E-state index contributed by atoms with van der Waals surface area (Å²) in [6.45, 7) is 1.69. The van der Waals surface area contributed by atoms with Crippen molar-refractivity contribution in [3.05, 3.63) is 101 Å². The molecule has 0 bridgehead atoms. The minimum atomic E-state index is -5.05. The molecule has 5 aromatic rings. The quantitative estimate of drug-likeness (QED) is 0.0771. The molecular weight excluding hydrogens is 743 g/mol.